The lowest BCUT2D eigenvalue weighted by molar-refractivity contribution is -0.384. The van der Waals surface area contributed by atoms with Crippen LogP contribution in [0.2, 0.25) is 5.02 Å². The Morgan fingerprint density at radius 3 is 2.54 bits per heavy atom. The van der Waals surface area contributed by atoms with E-state index in [1.165, 1.54) is 52.0 Å². The van der Waals surface area contributed by atoms with Gasteiger partial charge in [0.15, 0.2) is 4.80 Å². The highest BCUT2D eigenvalue weighted by Gasteiger charge is 2.32. The predicted octanol–water partition coefficient (Wildman–Crippen LogP) is 3.44. The number of methoxy groups -OCH3 is 1. The van der Waals surface area contributed by atoms with Gasteiger partial charge in [0.25, 0.3) is 11.6 Å². The summed E-state index contributed by atoms with van der Waals surface area (Å²) in [4.78, 5) is 28.7. The van der Waals surface area contributed by atoms with Gasteiger partial charge in [-0.3, -0.25) is 14.9 Å². The van der Waals surface area contributed by atoms with Crippen LogP contribution >= 0.6 is 22.9 Å². The molecule has 1 aromatic heterocycles. The summed E-state index contributed by atoms with van der Waals surface area (Å²) in [6.07, 6.45) is 0.702. The van der Waals surface area contributed by atoms with E-state index < -0.39 is 20.9 Å². The molecule has 2 heterocycles. The summed E-state index contributed by atoms with van der Waals surface area (Å²) in [7, 11) is -2.12. The minimum atomic E-state index is -3.67. The topological polar surface area (TPSA) is 124 Å². The van der Waals surface area contributed by atoms with E-state index in [-0.39, 0.29) is 29.6 Å². The molecule has 35 heavy (non-hydrogen) atoms. The second-order valence-electron chi connectivity index (χ2n) is 8.02. The van der Waals surface area contributed by atoms with E-state index >= 15 is 0 Å². The largest absolute Gasteiger partial charge is 0.383 e. The predicted molar refractivity (Wildman–Crippen MR) is 132 cm³/mol. The van der Waals surface area contributed by atoms with Gasteiger partial charge in [-0.15, -0.1) is 0 Å². The van der Waals surface area contributed by atoms with E-state index in [9.17, 15) is 23.3 Å². The molecule has 0 atom stereocenters. The molecule has 13 heteroatoms. The lowest BCUT2D eigenvalue weighted by atomic mass is 9.98. The number of rotatable bonds is 7. The molecule has 1 aliphatic rings. The maximum atomic E-state index is 13.0. The number of thiazole rings is 1. The Hall–Kier alpha value is -2.64. The molecule has 2 aromatic carbocycles. The zero-order valence-electron chi connectivity index (χ0n) is 18.8. The standard InChI is InChI=1S/C22H23ClN4O6S2/c1-33-13-12-26-19-14-17(27(29)30)4-7-20(19)34-22(26)24-21(28)15-8-10-25(11-9-15)35(31,32)18-5-2-16(23)3-6-18/h2-7,14-15H,8-13H2,1H3. The van der Waals surface area contributed by atoms with Gasteiger partial charge in [0.2, 0.25) is 10.0 Å². The third-order valence-electron chi connectivity index (χ3n) is 5.86. The van der Waals surface area contributed by atoms with E-state index in [1.54, 1.807) is 17.7 Å². The number of hydrogen-bond acceptors (Lipinski definition) is 7. The molecule has 1 amide bonds. The van der Waals surface area contributed by atoms with Crippen molar-refractivity contribution in [2.45, 2.75) is 24.3 Å². The molecule has 1 saturated heterocycles. The molecule has 1 aliphatic heterocycles. The summed E-state index contributed by atoms with van der Waals surface area (Å²) in [5.41, 5.74) is 0.560. The lowest BCUT2D eigenvalue weighted by Gasteiger charge is -2.29. The maximum absolute atomic E-state index is 13.0. The molecule has 0 aliphatic carbocycles. The average molecular weight is 539 g/mol. The molecule has 0 saturated carbocycles. The Bertz CT molecular complexity index is 1420. The Balaban J connectivity index is 1.55. The van der Waals surface area contributed by atoms with Crippen LogP contribution in [0.1, 0.15) is 12.8 Å². The van der Waals surface area contributed by atoms with Crippen LogP contribution in [0.5, 0.6) is 0 Å². The average Bonchev–Trinajstić information content (AvgIpc) is 3.18. The van der Waals surface area contributed by atoms with E-state index in [0.29, 0.717) is 41.3 Å². The van der Waals surface area contributed by atoms with Crippen molar-refractivity contribution in [1.29, 1.82) is 0 Å². The highest BCUT2D eigenvalue weighted by atomic mass is 35.5. The van der Waals surface area contributed by atoms with Crippen molar-refractivity contribution in [2.75, 3.05) is 26.8 Å². The first-order valence-corrected chi connectivity index (χ1v) is 13.4. The van der Waals surface area contributed by atoms with Gasteiger partial charge < -0.3 is 9.30 Å². The number of piperidine rings is 1. The molecule has 0 bridgehead atoms. The number of fused-ring (bicyclic) bond motifs is 1. The minimum Gasteiger partial charge on any atom is -0.383 e. The number of benzene rings is 2. The molecule has 3 aromatic rings. The number of hydrogen-bond donors (Lipinski definition) is 0. The molecule has 186 valence electrons. The smallest absolute Gasteiger partial charge is 0.271 e. The fraction of sp³-hybridized carbons (Fsp3) is 0.364. The van der Waals surface area contributed by atoms with Crippen molar-refractivity contribution in [1.82, 2.24) is 8.87 Å². The van der Waals surface area contributed by atoms with E-state index in [1.807, 2.05) is 0 Å². The Kier molecular flexibility index (Phi) is 7.67. The van der Waals surface area contributed by atoms with Crippen LogP contribution in [0, 0.1) is 16.0 Å². The number of non-ortho nitro benzene ring substituents is 1. The first kappa shape index (κ1) is 25.5. The minimum absolute atomic E-state index is 0.0476. The molecule has 0 N–H and O–H groups in total. The summed E-state index contributed by atoms with van der Waals surface area (Å²) in [6, 6.07) is 10.5. The van der Waals surface area contributed by atoms with Gasteiger partial charge in [-0.25, -0.2) is 8.42 Å². The number of carbonyl (C=O) groups excluding carboxylic acids is 1. The third-order valence-corrected chi connectivity index (χ3v) is 9.08. The van der Waals surface area contributed by atoms with Gasteiger partial charge in [-0.2, -0.15) is 9.30 Å². The summed E-state index contributed by atoms with van der Waals surface area (Å²) in [5.74, 6) is -0.747. The van der Waals surface area contributed by atoms with Crippen LogP contribution in [0.4, 0.5) is 5.69 Å². The van der Waals surface area contributed by atoms with Crippen LogP contribution in [0.25, 0.3) is 10.2 Å². The van der Waals surface area contributed by atoms with E-state index in [2.05, 4.69) is 4.99 Å². The zero-order chi connectivity index (χ0) is 25.2. The first-order chi connectivity index (χ1) is 16.7. The fourth-order valence-corrected chi connectivity index (χ4v) is 6.58. The molecule has 4 rings (SSSR count). The molecular formula is C22H23ClN4O6S2. The third kappa shape index (κ3) is 5.46. The first-order valence-electron chi connectivity index (χ1n) is 10.8. The van der Waals surface area contributed by atoms with Gasteiger partial charge in [0.05, 0.1) is 26.6 Å². The lowest BCUT2D eigenvalue weighted by Crippen LogP contribution is -2.40. The van der Waals surface area contributed by atoms with Gasteiger partial charge in [-0.05, 0) is 43.2 Å². The summed E-state index contributed by atoms with van der Waals surface area (Å²) in [6.45, 7) is 1.14. The quantitative estimate of drug-likeness (QED) is 0.335. The number of nitrogens with zero attached hydrogens (tertiary/aromatic N) is 4. The van der Waals surface area contributed by atoms with Gasteiger partial charge >= 0.3 is 0 Å². The Morgan fingerprint density at radius 1 is 1.23 bits per heavy atom. The van der Waals surface area contributed by atoms with E-state index in [0.717, 1.165) is 4.70 Å². The fourth-order valence-electron chi connectivity index (χ4n) is 3.94. The SMILES string of the molecule is COCCn1c(=NC(=O)C2CCN(S(=O)(=O)c3ccc(Cl)cc3)CC2)sc2ccc([N+](=O)[O-])cc21. The number of ether oxygens (including phenoxy) is 1. The second-order valence-corrected chi connectivity index (χ2v) is 11.4. The number of halogens is 1. The molecular weight excluding hydrogens is 516 g/mol. The van der Waals surface area contributed by atoms with E-state index in [4.69, 9.17) is 16.3 Å². The van der Waals surface area contributed by atoms with Crippen molar-refractivity contribution in [3.8, 4) is 0 Å². The van der Waals surface area contributed by atoms with Crippen LogP contribution < -0.4 is 4.80 Å². The number of nitro groups is 1. The van der Waals surface area contributed by atoms with Crippen LogP contribution in [-0.2, 0) is 26.1 Å². The van der Waals surface area contributed by atoms with Crippen LogP contribution in [0.3, 0.4) is 0 Å². The summed E-state index contributed by atoms with van der Waals surface area (Å²) >= 11 is 7.13. The molecule has 0 radical (unpaired) electrons. The molecule has 0 spiro atoms. The number of aromatic nitrogens is 1. The molecule has 0 unspecified atom stereocenters. The van der Waals surface area contributed by atoms with Crippen LogP contribution in [0.15, 0.2) is 52.4 Å². The summed E-state index contributed by atoms with van der Waals surface area (Å²) < 4.78 is 34.8. The number of carbonyl (C=O) groups is 1. The maximum Gasteiger partial charge on any atom is 0.271 e. The van der Waals surface area contributed by atoms with Crippen LogP contribution in [-0.4, -0.2) is 54.9 Å². The van der Waals surface area contributed by atoms with Gasteiger partial charge in [0.1, 0.15) is 0 Å². The van der Waals surface area contributed by atoms with Gasteiger partial charge in [-0.1, -0.05) is 22.9 Å². The normalized spacial score (nSPS) is 16.1. The Morgan fingerprint density at radius 2 is 1.91 bits per heavy atom. The summed E-state index contributed by atoms with van der Waals surface area (Å²) in [5, 5.41) is 11.7. The monoisotopic (exact) mass is 538 g/mol. The Labute approximate surface area is 210 Å². The van der Waals surface area contributed by atoms with Crippen molar-refractivity contribution < 1.29 is 22.9 Å². The molecule has 1 fully saturated rings. The molecule has 10 nitrogen and oxygen atoms in total. The highest BCUT2D eigenvalue weighted by Crippen LogP contribution is 2.26. The van der Waals surface area contributed by atoms with Crippen molar-refractivity contribution >= 4 is 54.8 Å². The highest BCUT2D eigenvalue weighted by molar-refractivity contribution is 7.89. The van der Waals surface area contributed by atoms with Crippen molar-refractivity contribution in [2.24, 2.45) is 10.9 Å². The van der Waals surface area contributed by atoms with Gasteiger partial charge in [0, 0.05) is 49.8 Å². The number of amides is 1. The van der Waals surface area contributed by atoms with Crippen molar-refractivity contribution in [3.63, 3.8) is 0 Å². The zero-order valence-corrected chi connectivity index (χ0v) is 21.2. The number of nitro benzene ring substituents is 1. The van der Waals surface area contributed by atoms with Crippen molar-refractivity contribution in [3.05, 3.63) is 62.4 Å². The number of sulfonamides is 1. The second kappa shape index (κ2) is 10.5.